The van der Waals surface area contributed by atoms with E-state index in [-0.39, 0.29) is 73.7 Å². The van der Waals surface area contributed by atoms with Crippen LogP contribution in [0.3, 0.4) is 0 Å². The minimum absolute atomic E-state index is 0.0146. The molecule has 4 aliphatic heterocycles. The minimum Gasteiger partial charge on any atom is -0.273 e. The van der Waals surface area contributed by atoms with Crippen molar-refractivity contribution in [3.05, 3.63) is 106 Å². The fourth-order valence-corrected chi connectivity index (χ4v) is 12.0. The van der Waals surface area contributed by atoms with Gasteiger partial charge in [0, 0.05) is 85.2 Å². The third-order valence-electron chi connectivity index (χ3n) is 17.1. The first-order chi connectivity index (χ1) is 44.1. The first kappa shape index (κ1) is 78.9. The lowest BCUT2D eigenvalue weighted by atomic mass is 9.79. The predicted molar refractivity (Wildman–Crippen MR) is 339 cm³/mol. The van der Waals surface area contributed by atoms with Gasteiger partial charge in [-0.25, -0.2) is 61.2 Å². The molecule has 8 atom stereocenters. The zero-order valence-corrected chi connectivity index (χ0v) is 57.2. The highest BCUT2D eigenvalue weighted by Crippen LogP contribution is 2.43. The van der Waals surface area contributed by atoms with Crippen molar-refractivity contribution in [3.8, 4) is 0 Å². The van der Waals surface area contributed by atoms with E-state index in [0.717, 1.165) is 27.6 Å². The second kappa shape index (κ2) is 37.1. The van der Waals surface area contributed by atoms with Crippen LogP contribution < -0.4 is 21.7 Å². The summed E-state index contributed by atoms with van der Waals surface area (Å²) in [6, 6.07) is 1.53. The van der Waals surface area contributed by atoms with Crippen molar-refractivity contribution in [3.63, 3.8) is 0 Å². The van der Waals surface area contributed by atoms with E-state index in [1.165, 1.54) is 53.1 Å². The summed E-state index contributed by atoms with van der Waals surface area (Å²) in [6.45, 7) is 11.2. The minimum atomic E-state index is -2.81. The lowest BCUT2D eigenvalue weighted by molar-refractivity contribution is -0.158. The molecular formula is C61H82BrCl4F9N14O4. The molecule has 0 aliphatic carbocycles. The SMILES string of the molecule is CC(CCCCl)(C(=O)N1NCCC1c1cncc(Br)c1)C(F)F.CC(CCCCl)(C(=O)N1NCCC1c1cncc(F)c1)C(F)F.CCC(CCCCl)(C(=O)N1NCCC1c1cnc(C)cn1)C(F)F.Cc1cnc(C2CCNN2C(=O)C(C)(CCCCl)C(F)F)cn1. The lowest BCUT2D eigenvalue weighted by Crippen LogP contribution is -2.51. The molecule has 4 fully saturated rings. The monoisotopic (exact) mass is 1460 g/mol. The van der Waals surface area contributed by atoms with Gasteiger partial charge in [0.2, 0.25) is 23.6 Å². The number of alkyl halides is 12. The molecule has 93 heavy (non-hydrogen) atoms. The van der Waals surface area contributed by atoms with E-state index in [2.05, 4.69) is 67.5 Å². The second-order valence-corrected chi connectivity index (χ2v) is 26.2. The summed E-state index contributed by atoms with van der Waals surface area (Å²) in [5.41, 5.74) is 8.58. The summed E-state index contributed by atoms with van der Waals surface area (Å²) in [4.78, 5) is 76.0. The molecule has 4 aliphatic rings. The van der Waals surface area contributed by atoms with Crippen LogP contribution in [-0.4, -0.2) is 149 Å². The van der Waals surface area contributed by atoms with Gasteiger partial charge < -0.3 is 0 Å². The van der Waals surface area contributed by atoms with Crippen LogP contribution in [0.25, 0.3) is 0 Å². The fourth-order valence-electron chi connectivity index (χ4n) is 11.1. The first-order valence-corrected chi connectivity index (χ1v) is 33.5. The Bertz CT molecular complexity index is 2910. The molecule has 8 unspecified atom stereocenters. The van der Waals surface area contributed by atoms with Gasteiger partial charge in [0.25, 0.3) is 25.7 Å². The summed E-state index contributed by atoms with van der Waals surface area (Å²) in [7, 11) is 0. The van der Waals surface area contributed by atoms with Crippen molar-refractivity contribution in [2.24, 2.45) is 21.7 Å². The number of hydrogen-bond donors (Lipinski definition) is 4. The van der Waals surface area contributed by atoms with Crippen molar-refractivity contribution in [2.75, 3.05) is 49.7 Å². The van der Waals surface area contributed by atoms with E-state index >= 15 is 0 Å². The first-order valence-electron chi connectivity index (χ1n) is 30.6. The maximum absolute atomic E-state index is 13.8. The number of pyridine rings is 2. The molecule has 518 valence electrons. The highest BCUT2D eigenvalue weighted by Gasteiger charge is 2.52. The van der Waals surface area contributed by atoms with Crippen molar-refractivity contribution in [1.82, 2.24) is 71.6 Å². The number of nitrogens with zero attached hydrogens (tertiary/aromatic N) is 10. The van der Waals surface area contributed by atoms with Crippen LogP contribution in [0.2, 0.25) is 0 Å². The highest BCUT2D eigenvalue weighted by atomic mass is 79.9. The van der Waals surface area contributed by atoms with Gasteiger partial charge in [0.1, 0.15) is 27.5 Å². The molecule has 0 bridgehead atoms. The molecule has 32 heteroatoms. The van der Waals surface area contributed by atoms with Gasteiger partial charge in [-0.2, -0.15) is 0 Å². The van der Waals surface area contributed by atoms with E-state index in [1.54, 1.807) is 44.1 Å². The quantitative estimate of drug-likeness (QED) is 0.0360. The number of aromatic nitrogens is 6. The Morgan fingerprint density at radius 2 is 0.839 bits per heavy atom. The molecular weight excluding hydrogens is 1390 g/mol. The fraction of sp³-hybridized carbons (Fsp3) is 0.639. The number of carbonyl (C=O) groups excluding carboxylic acids is 4. The Balaban J connectivity index is 0.000000225. The molecule has 4 amide bonds. The lowest BCUT2D eigenvalue weighted by Gasteiger charge is -2.36. The van der Waals surface area contributed by atoms with Gasteiger partial charge >= 0.3 is 0 Å². The van der Waals surface area contributed by atoms with Gasteiger partial charge in [-0.15, -0.1) is 46.4 Å². The predicted octanol–water partition coefficient (Wildman–Crippen LogP) is 13.3. The molecule has 4 aromatic heterocycles. The number of amides is 4. The molecule has 0 aromatic carbocycles. The largest absolute Gasteiger partial charge is 0.273 e. The summed E-state index contributed by atoms with van der Waals surface area (Å²) in [5.74, 6) is -2.08. The van der Waals surface area contributed by atoms with Crippen molar-refractivity contribution in [2.45, 2.75) is 175 Å². The normalized spacial score (nSPS) is 20.7. The summed E-state index contributed by atoms with van der Waals surface area (Å²) in [5, 5.41) is 5.14. The standard InChI is InChI=1S/C16H23ClF2N4O.C15H19BrClF2N3O.C15H19ClF3N3O.C15H21ClF2N4O/c1-3-16(14(18)19,6-4-7-17)15(24)23-13(5-8-22-23)12-10-20-11(2)9-21-12;1-15(13(18)19,4-2-5-17)14(23)22-12(3-6-21-22)10-7-11(16)9-20-8-10;1-15(13(18)19,4-2-5-16)14(23)22-12(3-6-21-22)10-7-11(17)9-20-8-10;1-10-8-20-11(9-19-10)12-4-7-21-22(12)14(23)15(2,13(17)18)5-3-6-16/h9-10,13-14,22H,3-8H2,1-2H3;2*7-9,12-13,21H,2-6H2,1H3;8-9,12-13,21H,3-7H2,1-2H3. The number of aryl methyl sites for hydroxylation is 2. The Labute approximate surface area is 565 Å². The van der Waals surface area contributed by atoms with Crippen LogP contribution in [-0.2, 0) is 19.2 Å². The van der Waals surface area contributed by atoms with E-state index in [0.29, 0.717) is 94.5 Å². The van der Waals surface area contributed by atoms with Crippen LogP contribution in [0.1, 0.15) is 169 Å². The maximum atomic E-state index is 13.8. The Morgan fingerprint density at radius 1 is 0.495 bits per heavy atom. The average Bonchev–Trinajstić information content (AvgIpc) is 1.80. The smallest absolute Gasteiger partial charge is 0.252 e. The van der Waals surface area contributed by atoms with E-state index in [1.807, 2.05) is 19.9 Å². The van der Waals surface area contributed by atoms with E-state index in [4.69, 9.17) is 46.4 Å². The zero-order valence-electron chi connectivity index (χ0n) is 52.6. The molecule has 4 aromatic rings. The van der Waals surface area contributed by atoms with Crippen molar-refractivity contribution in [1.29, 1.82) is 0 Å². The van der Waals surface area contributed by atoms with Gasteiger partial charge in [-0.1, -0.05) is 6.92 Å². The molecule has 4 saturated heterocycles. The molecule has 4 N–H and O–H groups in total. The van der Waals surface area contributed by atoms with Gasteiger partial charge in [-0.3, -0.25) is 69.1 Å². The molecule has 0 spiro atoms. The topological polar surface area (TPSA) is 207 Å². The summed E-state index contributed by atoms with van der Waals surface area (Å²) < 4.78 is 123. The average molecular weight is 1470 g/mol. The zero-order chi connectivity index (χ0) is 68.8. The summed E-state index contributed by atoms with van der Waals surface area (Å²) in [6.07, 6.45) is 5.13. The number of halogens is 14. The molecule has 0 radical (unpaired) electrons. The van der Waals surface area contributed by atoms with Crippen LogP contribution in [0.15, 0.2) is 66.2 Å². The van der Waals surface area contributed by atoms with Crippen LogP contribution in [0.5, 0.6) is 0 Å². The number of hydrazine groups is 4. The Hall–Kier alpha value is -4.81. The van der Waals surface area contributed by atoms with Gasteiger partial charge in [0.15, 0.2) is 0 Å². The molecule has 8 heterocycles. The van der Waals surface area contributed by atoms with Crippen LogP contribution >= 0.6 is 62.3 Å². The van der Waals surface area contributed by atoms with Crippen molar-refractivity contribution >= 4 is 86.0 Å². The third-order valence-corrected chi connectivity index (χ3v) is 18.6. The van der Waals surface area contributed by atoms with E-state index < -0.39 is 82.8 Å². The van der Waals surface area contributed by atoms with Crippen LogP contribution in [0, 0.1) is 41.3 Å². The molecule has 18 nitrogen and oxygen atoms in total. The molecule has 8 rings (SSSR count). The van der Waals surface area contributed by atoms with Gasteiger partial charge in [-0.05, 0) is 157 Å². The maximum Gasteiger partial charge on any atom is 0.252 e. The second-order valence-electron chi connectivity index (χ2n) is 23.7. The van der Waals surface area contributed by atoms with Crippen LogP contribution in [0.4, 0.5) is 39.5 Å². The molecule has 0 saturated carbocycles. The third kappa shape index (κ3) is 19.9. The Kier molecular flexibility index (Phi) is 31.4. The number of carbonyl (C=O) groups is 4. The number of rotatable bonds is 25. The number of hydrogen-bond acceptors (Lipinski definition) is 14. The van der Waals surface area contributed by atoms with Gasteiger partial charge in [0.05, 0.1) is 65.5 Å². The van der Waals surface area contributed by atoms with Crippen molar-refractivity contribution < 1.29 is 58.7 Å². The van der Waals surface area contributed by atoms with E-state index in [9.17, 15) is 58.7 Å². The number of nitrogens with one attached hydrogen (secondary N) is 4. The highest BCUT2D eigenvalue weighted by molar-refractivity contribution is 9.10. The summed E-state index contributed by atoms with van der Waals surface area (Å²) >= 11 is 25.8. The Morgan fingerprint density at radius 3 is 1.16 bits per heavy atom.